The van der Waals surface area contributed by atoms with Gasteiger partial charge in [-0.2, -0.15) is 0 Å². The van der Waals surface area contributed by atoms with Gasteiger partial charge in [0.05, 0.1) is 10.9 Å². The minimum Gasteiger partial charge on any atom is -0.291 e. The molecule has 1 aliphatic rings. The van der Waals surface area contributed by atoms with Crippen LogP contribution in [0.15, 0.2) is 5.38 Å². The average Bonchev–Trinajstić information content (AvgIpc) is 2.77. The van der Waals surface area contributed by atoms with E-state index in [1.54, 1.807) is 11.3 Å². The van der Waals surface area contributed by atoms with Crippen molar-refractivity contribution < 1.29 is 4.79 Å². The minimum atomic E-state index is -0.0620. The largest absolute Gasteiger partial charge is 0.291 e. The Morgan fingerprint density at radius 3 is 3.12 bits per heavy atom. The highest BCUT2D eigenvalue weighted by atomic mass is 35.5. The molecule has 2 unspecified atom stereocenters. The summed E-state index contributed by atoms with van der Waals surface area (Å²) in [6.07, 6.45) is 5.04. The topological polar surface area (TPSA) is 30.0 Å². The summed E-state index contributed by atoms with van der Waals surface area (Å²) in [7, 11) is 0. The minimum absolute atomic E-state index is 0.0320. The van der Waals surface area contributed by atoms with Crippen LogP contribution in [-0.2, 0) is 0 Å². The quantitative estimate of drug-likeness (QED) is 0.608. The Morgan fingerprint density at radius 1 is 1.62 bits per heavy atom. The standard InChI is InChI=1S/C12H16ClNOS/c1-8-3-2-4-9(5-8)12-14-10(7-16-12)11(15)6-13/h7-9H,2-6H2,1H3. The number of alkyl halides is 1. The van der Waals surface area contributed by atoms with Crippen LogP contribution in [0.2, 0.25) is 0 Å². The zero-order chi connectivity index (χ0) is 11.5. The monoisotopic (exact) mass is 257 g/mol. The maximum absolute atomic E-state index is 11.4. The molecule has 88 valence electrons. The van der Waals surface area contributed by atoms with Gasteiger partial charge in [-0.25, -0.2) is 4.98 Å². The molecule has 0 saturated heterocycles. The third-order valence-electron chi connectivity index (χ3n) is 3.21. The number of Topliss-reactive ketones (excluding diaryl/α,β-unsaturated/α-hetero) is 1. The first-order valence-electron chi connectivity index (χ1n) is 5.75. The highest BCUT2D eigenvalue weighted by Crippen LogP contribution is 2.37. The molecule has 0 aromatic carbocycles. The normalized spacial score (nSPS) is 25.6. The highest BCUT2D eigenvalue weighted by Gasteiger charge is 2.23. The predicted octanol–water partition coefficient (Wildman–Crippen LogP) is 3.86. The second kappa shape index (κ2) is 5.28. The smallest absolute Gasteiger partial charge is 0.196 e. The van der Waals surface area contributed by atoms with Gasteiger partial charge in [-0.1, -0.05) is 19.8 Å². The summed E-state index contributed by atoms with van der Waals surface area (Å²) in [5.41, 5.74) is 0.549. The predicted molar refractivity (Wildman–Crippen MR) is 67.5 cm³/mol. The number of thiazole rings is 1. The van der Waals surface area contributed by atoms with Gasteiger partial charge in [-0.3, -0.25) is 4.79 Å². The number of carbonyl (C=O) groups excluding carboxylic acids is 1. The number of nitrogens with zero attached hydrogens (tertiary/aromatic N) is 1. The van der Waals surface area contributed by atoms with Crippen LogP contribution in [0, 0.1) is 5.92 Å². The summed E-state index contributed by atoms with van der Waals surface area (Å²) >= 11 is 7.13. The van der Waals surface area contributed by atoms with Crippen molar-refractivity contribution in [3.8, 4) is 0 Å². The molecule has 1 aliphatic carbocycles. The van der Waals surface area contributed by atoms with E-state index in [1.165, 1.54) is 25.7 Å². The fourth-order valence-corrected chi connectivity index (χ4v) is 3.44. The molecular formula is C12H16ClNOS. The number of hydrogen-bond acceptors (Lipinski definition) is 3. The molecule has 0 amide bonds. The number of carbonyl (C=O) groups is 1. The van der Waals surface area contributed by atoms with Gasteiger partial charge in [-0.05, 0) is 18.8 Å². The van der Waals surface area contributed by atoms with E-state index < -0.39 is 0 Å². The van der Waals surface area contributed by atoms with Crippen molar-refractivity contribution in [1.82, 2.24) is 4.98 Å². The molecule has 16 heavy (non-hydrogen) atoms. The molecule has 2 nitrogen and oxygen atoms in total. The van der Waals surface area contributed by atoms with Crippen LogP contribution in [-0.4, -0.2) is 16.6 Å². The second-order valence-electron chi connectivity index (χ2n) is 4.60. The summed E-state index contributed by atoms with van der Waals surface area (Å²) in [4.78, 5) is 15.8. The number of rotatable bonds is 3. The van der Waals surface area contributed by atoms with Crippen LogP contribution in [0.1, 0.15) is 54.0 Å². The number of ketones is 1. The van der Waals surface area contributed by atoms with E-state index in [2.05, 4.69) is 11.9 Å². The third kappa shape index (κ3) is 2.64. The van der Waals surface area contributed by atoms with Gasteiger partial charge in [0.2, 0.25) is 0 Å². The Hall–Kier alpha value is -0.410. The first-order chi connectivity index (χ1) is 7.70. The molecule has 1 heterocycles. The van der Waals surface area contributed by atoms with E-state index >= 15 is 0 Å². The van der Waals surface area contributed by atoms with Crippen molar-refractivity contribution >= 4 is 28.7 Å². The van der Waals surface area contributed by atoms with Crippen molar-refractivity contribution in [3.63, 3.8) is 0 Å². The molecule has 1 aromatic heterocycles. The lowest BCUT2D eigenvalue weighted by atomic mass is 9.83. The summed E-state index contributed by atoms with van der Waals surface area (Å²) in [6.45, 7) is 2.30. The van der Waals surface area contributed by atoms with Crippen molar-refractivity contribution in [2.24, 2.45) is 5.92 Å². The van der Waals surface area contributed by atoms with Crippen LogP contribution in [0.3, 0.4) is 0 Å². The second-order valence-corrected chi connectivity index (χ2v) is 5.75. The molecular weight excluding hydrogens is 242 g/mol. The first-order valence-corrected chi connectivity index (χ1v) is 7.16. The van der Waals surface area contributed by atoms with Crippen molar-refractivity contribution in [2.75, 3.05) is 5.88 Å². The van der Waals surface area contributed by atoms with Crippen LogP contribution >= 0.6 is 22.9 Å². The molecule has 0 spiro atoms. The van der Waals surface area contributed by atoms with Gasteiger partial charge in [0.15, 0.2) is 5.78 Å². The summed E-state index contributed by atoms with van der Waals surface area (Å²) in [6, 6.07) is 0. The van der Waals surface area contributed by atoms with E-state index in [-0.39, 0.29) is 11.7 Å². The molecule has 0 bridgehead atoms. The molecule has 0 radical (unpaired) electrons. The highest BCUT2D eigenvalue weighted by molar-refractivity contribution is 7.10. The van der Waals surface area contributed by atoms with Gasteiger partial charge in [-0.15, -0.1) is 22.9 Å². The molecule has 1 saturated carbocycles. The molecule has 0 N–H and O–H groups in total. The SMILES string of the molecule is CC1CCCC(c2nc(C(=O)CCl)cs2)C1. The number of aromatic nitrogens is 1. The van der Waals surface area contributed by atoms with E-state index in [0.29, 0.717) is 11.6 Å². The summed E-state index contributed by atoms with van der Waals surface area (Å²) < 4.78 is 0. The first kappa shape index (κ1) is 12.1. The number of halogens is 1. The zero-order valence-electron chi connectivity index (χ0n) is 9.41. The van der Waals surface area contributed by atoms with Crippen molar-refractivity contribution in [1.29, 1.82) is 0 Å². The lowest BCUT2D eigenvalue weighted by Gasteiger charge is -2.24. The molecule has 0 aliphatic heterocycles. The van der Waals surface area contributed by atoms with Crippen LogP contribution < -0.4 is 0 Å². The van der Waals surface area contributed by atoms with Gasteiger partial charge in [0.25, 0.3) is 0 Å². The zero-order valence-corrected chi connectivity index (χ0v) is 11.0. The Labute approximate surface area is 105 Å². The van der Waals surface area contributed by atoms with Crippen molar-refractivity contribution in [2.45, 2.75) is 38.5 Å². The Bertz CT molecular complexity index is 377. The van der Waals surface area contributed by atoms with E-state index in [4.69, 9.17) is 11.6 Å². The van der Waals surface area contributed by atoms with Gasteiger partial charge >= 0.3 is 0 Å². The molecule has 1 aromatic rings. The van der Waals surface area contributed by atoms with E-state index in [9.17, 15) is 4.79 Å². The summed E-state index contributed by atoms with van der Waals surface area (Å²) in [5.74, 6) is 1.32. The summed E-state index contributed by atoms with van der Waals surface area (Å²) in [5, 5.41) is 2.97. The third-order valence-corrected chi connectivity index (χ3v) is 4.46. The maximum Gasteiger partial charge on any atom is 0.196 e. The Kier molecular flexibility index (Phi) is 3.98. The van der Waals surface area contributed by atoms with Gasteiger partial charge < -0.3 is 0 Å². The molecule has 1 fully saturated rings. The van der Waals surface area contributed by atoms with E-state index in [1.807, 2.05) is 5.38 Å². The average molecular weight is 258 g/mol. The fraction of sp³-hybridized carbons (Fsp3) is 0.667. The Balaban J connectivity index is 2.09. The van der Waals surface area contributed by atoms with Gasteiger partial charge in [0.1, 0.15) is 5.69 Å². The number of hydrogen-bond donors (Lipinski definition) is 0. The maximum atomic E-state index is 11.4. The fourth-order valence-electron chi connectivity index (χ4n) is 2.33. The van der Waals surface area contributed by atoms with E-state index in [0.717, 1.165) is 10.9 Å². The molecule has 4 heteroatoms. The van der Waals surface area contributed by atoms with Crippen molar-refractivity contribution in [3.05, 3.63) is 16.1 Å². The van der Waals surface area contributed by atoms with Crippen LogP contribution in [0.5, 0.6) is 0 Å². The van der Waals surface area contributed by atoms with Gasteiger partial charge in [0, 0.05) is 11.3 Å². The molecule has 2 atom stereocenters. The van der Waals surface area contributed by atoms with Crippen LogP contribution in [0.4, 0.5) is 0 Å². The van der Waals surface area contributed by atoms with Crippen LogP contribution in [0.25, 0.3) is 0 Å². The lowest BCUT2D eigenvalue weighted by Crippen LogP contribution is -2.12. The lowest BCUT2D eigenvalue weighted by molar-refractivity contribution is 0.101. The Morgan fingerprint density at radius 2 is 2.44 bits per heavy atom. The molecule has 2 rings (SSSR count).